The Bertz CT molecular complexity index is 2730. The van der Waals surface area contributed by atoms with E-state index in [1.54, 1.807) is 34.3 Å². The lowest BCUT2D eigenvalue weighted by atomic mass is 9.85. The van der Waals surface area contributed by atoms with Crippen molar-refractivity contribution in [2.75, 3.05) is 45.8 Å². The van der Waals surface area contributed by atoms with Crippen LogP contribution < -0.4 is 19.6 Å². The van der Waals surface area contributed by atoms with Crippen molar-refractivity contribution in [2.24, 2.45) is 0 Å². The van der Waals surface area contributed by atoms with Gasteiger partial charge in [0.15, 0.2) is 0 Å². The highest BCUT2D eigenvalue weighted by atomic mass is 16.2. The molecule has 0 N–H and O–H groups in total. The highest BCUT2D eigenvalue weighted by Crippen LogP contribution is 2.49. The summed E-state index contributed by atoms with van der Waals surface area (Å²) in [6, 6.07) is 40.7. The molecular formula is C52H50N8O4. The van der Waals surface area contributed by atoms with Gasteiger partial charge >= 0.3 is 12.1 Å². The third kappa shape index (κ3) is 6.94. The molecule has 4 saturated heterocycles. The number of carbonyl (C=O) groups excluding carboxylic acids is 4. The number of hydrogen-bond donors (Lipinski definition) is 0. The number of para-hydroxylation sites is 2. The first-order valence-electron chi connectivity index (χ1n) is 22.1. The molecule has 0 saturated carbocycles. The van der Waals surface area contributed by atoms with Crippen molar-refractivity contribution in [3.63, 3.8) is 0 Å². The normalized spacial score (nSPS) is 18.8. The third-order valence-electron chi connectivity index (χ3n) is 13.8. The van der Waals surface area contributed by atoms with Crippen LogP contribution in [0.5, 0.6) is 0 Å². The number of imide groups is 2. The number of aryl methyl sites for hydroxylation is 2. The summed E-state index contributed by atoms with van der Waals surface area (Å²) in [7, 11) is 0. The van der Waals surface area contributed by atoms with Gasteiger partial charge in [0.05, 0.1) is 22.8 Å². The average Bonchev–Trinajstić information content (AvgIpc) is 3.66. The van der Waals surface area contributed by atoms with E-state index in [0.717, 1.165) is 33.6 Å². The number of aromatic nitrogens is 2. The Labute approximate surface area is 373 Å². The van der Waals surface area contributed by atoms with Crippen molar-refractivity contribution in [1.82, 2.24) is 19.8 Å². The highest BCUT2D eigenvalue weighted by Gasteiger charge is 2.62. The van der Waals surface area contributed by atoms with Gasteiger partial charge in [0.25, 0.3) is 11.8 Å². The van der Waals surface area contributed by atoms with Crippen LogP contribution in [0.2, 0.25) is 0 Å². The maximum Gasteiger partial charge on any atom is 0.336 e. The van der Waals surface area contributed by atoms with Crippen molar-refractivity contribution in [3.05, 3.63) is 168 Å². The monoisotopic (exact) mass is 850 g/mol. The van der Waals surface area contributed by atoms with Crippen LogP contribution in [0.1, 0.15) is 48.2 Å². The van der Waals surface area contributed by atoms with Crippen molar-refractivity contribution in [2.45, 2.75) is 63.7 Å². The Kier molecular flexibility index (Phi) is 10.6. The second-order valence-electron chi connectivity index (χ2n) is 17.4. The van der Waals surface area contributed by atoms with E-state index < -0.39 is 23.1 Å². The predicted octanol–water partition coefficient (Wildman–Crippen LogP) is 8.78. The minimum atomic E-state index is -1.22. The fourth-order valence-corrected chi connectivity index (χ4v) is 10.2. The zero-order chi connectivity index (χ0) is 44.0. The molecule has 322 valence electrons. The van der Waals surface area contributed by atoms with Crippen LogP contribution in [0.15, 0.2) is 146 Å². The van der Waals surface area contributed by atoms with Crippen LogP contribution in [-0.2, 0) is 22.7 Å². The molecule has 4 aliphatic rings. The molecule has 6 heterocycles. The second kappa shape index (κ2) is 16.6. The zero-order valence-corrected chi connectivity index (χ0v) is 36.1. The molecule has 6 aromatic rings. The molecule has 12 nitrogen and oxygen atoms in total. The Balaban J connectivity index is 1.06. The molecule has 64 heavy (non-hydrogen) atoms. The van der Waals surface area contributed by atoms with Gasteiger partial charge in [-0.15, -0.1) is 0 Å². The summed E-state index contributed by atoms with van der Waals surface area (Å²) < 4.78 is 0. The van der Waals surface area contributed by atoms with Gasteiger partial charge in [-0.25, -0.2) is 19.4 Å². The molecule has 0 radical (unpaired) electrons. The van der Waals surface area contributed by atoms with E-state index in [0.29, 0.717) is 76.3 Å². The molecule has 0 unspecified atom stereocenters. The minimum Gasteiger partial charge on any atom is -0.297 e. The van der Waals surface area contributed by atoms with Crippen molar-refractivity contribution < 1.29 is 19.2 Å². The first-order valence-corrected chi connectivity index (χ1v) is 22.1. The Morgan fingerprint density at radius 3 is 1.33 bits per heavy atom. The van der Waals surface area contributed by atoms with Gasteiger partial charge in [-0.3, -0.25) is 39.2 Å². The van der Waals surface area contributed by atoms with E-state index in [1.807, 2.05) is 135 Å². The summed E-state index contributed by atoms with van der Waals surface area (Å²) >= 11 is 0. The van der Waals surface area contributed by atoms with E-state index in [4.69, 9.17) is 0 Å². The molecule has 4 aliphatic heterocycles. The topological polar surface area (TPSA) is 113 Å². The molecule has 0 aliphatic carbocycles. The zero-order valence-electron chi connectivity index (χ0n) is 36.1. The molecule has 12 heteroatoms. The van der Waals surface area contributed by atoms with E-state index in [1.165, 1.54) is 9.80 Å². The van der Waals surface area contributed by atoms with E-state index >= 15 is 19.2 Å². The number of pyridine rings is 2. The SMILES string of the molecule is Cc1cccnc1CN1CCC2(CC1)C(=O)N(c1ccc(-c3ccccc3)cc1N1C(=O)N(c3ccccc3)C3(CCN(Cc4ncccc4C)CC3)C1=O)C(=O)N2c1ccccc1. The van der Waals surface area contributed by atoms with Gasteiger partial charge in [0.2, 0.25) is 0 Å². The standard InChI is InChI=1S/C52H50N8O4/c1-37-14-12-28-53-43(37)35-55-30-24-51(25-31-55)47(61)57(49(63)59(51)41-18-8-4-9-19-41)45-23-22-40(39-16-6-3-7-17-39)34-46(45)58-48(62)52(60(50(58)64)42-20-10-5-11-21-42)26-32-56(33-27-52)36-44-38(2)15-13-29-54-44/h3-23,28-29,34H,24-27,30-33,35-36H2,1-2H3. The van der Waals surface area contributed by atoms with Gasteiger partial charge in [0, 0.05) is 63.0 Å². The fourth-order valence-electron chi connectivity index (χ4n) is 10.2. The Hall–Kier alpha value is -7.02. The number of anilines is 4. The van der Waals surface area contributed by atoms with Gasteiger partial charge in [-0.1, -0.05) is 84.9 Å². The van der Waals surface area contributed by atoms with Gasteiger partial charge in [0.1, 0.15) is 11.1 Å². The lowest BCUT2D eigenvalue weighted by Gasteiger charge is -2.42. The highest BCUT2D eigenvalue weighted by molar-refractivity contribution is 6.35. The van der Waals surface area contributed by atoms with Crippen molar-refractivity contribution >= 4 is 46.6 Å². The lowest BCUT2D eigenvalue weighted by molar-refractivity contribution is -0.124. The number of hydrogen-bond acceptors (Lipinski definition) is 8. The average molecular weight is 851 g/mol. The van der Waals surface area contributed by atoms with E-state index in [9.17, 15) is 0 Å². The summed E-state index contributed by atoms with van der Waals surface area (Å²) in [5.41, 5.74) is 4.91. The number of carbonyl (C=O) groups is 4. The summed E-state index contributed by atoms with van der Waals surface area (Å²) in [5.74, 6) is -0.760. The predicted molar refractivity (Wildman–Crippen MR) is 248 cm³/mol. The molecule has 6 amide bonds. The van der Waals surface area contributed by atoms with Crippen LogP contribution in [-0.4, -0.2) is 80.9 Å². The molecule has 10 rings (SSSR count). The van der Waals surface area contributed by atoms with Crippen LogP contribution in [0.3, 0.4) is 0 Å². The van der Waals surface area contributed by atoms with Gasteiger partial charge < -0.3 is 0 Å². The first kappa shape index (κ1) is 41.0. The largest absolute Gasteiger partial charge is 0.336 e. The van der Waals surface area contributed by atoms with Crippen LogP contribution in [0.4, 0.5) is 32.3 Å². The number of rotatable bonds is 9. The third-order valence-corrected chi connectivity index (χ3v) is 13.8. The van der Waals surface area contributed by atoms with Crippen molar-refractivity contribution in [3.8, 4) is 11.1 Å². The minimum absolute atomic E-state index is 0.189. The second-order valence-corrected chi connectivity index (χ2v) is 17.4. The number of amides is 6. The van der Waals surface area contributed by atoms with E-state index in [2.05, 4.69) is 19.8 Å². The number of urea groups is 2. The van der Waals surface area contributed by atoms with Gasteiger partial charge in [-0.05, 0) is 110 Å². The summed E-state index contributed by atoms with van der Waals surface area (Å²) in [4.78, 5) is 81.3. The lowest BCUT2D eigenvalue weighted by Crippen LogP contribution is -2.57. The summed E-state index contributed by atoms with van der Waals surface area (Å²) in [6.07, 6.45) is 5.12. The first-order chi connectivity index (χ1) is 31.2. The Morgan fingerprint density at radius 1 is 0.469 bits per heavy atom. The van der Waals surface area contributed by atoms with Gasteiger partial charge in [-0.2, -0.15) is 0 Å². The van der Waals surface area contributed by atoms with E-state index in [-0.39, 0.29) is 23.2 Å². The molecule has 2 spiro atoms. The molecule has 0 atom stereocenters. The number of piperidine rings is 2. The summed E-state index contributed by atoms with van der Waals surface area (Å²) in [5, 5.41) is 0. The number of nitrogens with zero attached hydrogens (tertiary/aromatic N) is 8. The Morgan fingerprint density at radius 2 is 0.891 bits per heavy atom. The number of benzene rings is 4. The van der Waals surface area contributed by atoms with Crippen molar-refractivity contribution in [1.29, 1.82) is 0 Å². The smallest absolute Gasteiger partial charge is 0.297 e. The molecule has 4 aromatic carbocycles. The van der Waals surface area contributed by atoms with Crippen LogP contribution in [0.25, 0.3) is 11.1 Å². The molecule has 2 aromatic heterocycles. The molecule has 0 bridgehead atoms. The maximum atomic E-state index is 15.6. The maximum absolute atomic E-state index is 15.6. The fraction of sp³-hybridized carbons (Fsp3) is 0.269. The molecule has 4 fully saturated rings. The molecular weight excluding hydrogens is 801 g/mol. The quantitative estimate of drug-likeness (QED) is 0.133. The van der Waals surface area contributed by atoms with Crippen LogP contribution in [0, 0.1) is 13.8 Å². The number of likely N-dealkylation sites (tertiary alicyclic amines) is 2. The van der Waals surface area contributed by atoms with Crippen LogP contribution >= 0.6 is 0 Å². The summed E-state index contributed by atoms with van der Waals surface area (Å²) in [6.45, 7) is 7.57.